The van der Waals surface area contributed by atoms with Crippen molar-refractivity contribution < 1.29 is 4.79 Å². The third-order valence-corrected chi connectivity index (χ3v) is 6.29. The van der Waals surface area contributed by atoms with Gasteiger partial charge < -0.3 is 4.90 Å². The van der Waals surface area contributed by atoms with E-state index < -0.39 is 0 Å². The molecular weight excluding hydrogens is 306 g/mol. The number of thioether (sulfide) groups is 1. The minimum Gasteiger partial charge on any atom is -0.342 e. The van der Waals surface area contributed by atoms with Gasteiger partial charge in [-0.1, -0.05) is 19.9 Å². The van der Waals surface area contributed by atoms with Gasteiger partial charge in [-0.05, 0) is 38.5 Å². The number of rotatable bonds is 2. The van der Waals surface area contributed by atoms with Crippen LogP contribution in [0, 0.1) is 25.2 Å². The van der Waals surface area contributed by atoms with Gasteiger partial charge in [-0.2, -0.15) is 5.10 Å². The fraction of sp³-hybridized carbons (Fsp3) is 0.667. The lowest BCUT2D eigenvalue weighted by atomic mass is 9.85. The minimum atomic E-state index is 0.0184. The maximum absolute atomic E-state index is 12.9. The van der Waals surface area contributed by atoms with Crippen LogP contribution in [0.15, 0.2) is 6.08 Å². The topological polar surface area (TPSA) is 49.0 Å². The average molecular weight is 334 g/mol. The molecule has 1 unspecified atom stereocenters. The summed E-state index contributed by atoms with van der Waals surface area (Å²) >= 11 is 1.79. The molecule has 1 aromatic heterocycles. The molecule has 0 bridgehead atoms. The van der Waals surface area contributed by atoms with Crippen LogP contribution >= 0.6 is 11.8 Å². The van der Waals surface area contributed by atoms with Gasteiger partial charge in [0.2, 0.25) is 5.91 Å². The molecule has 0 spiro atoms. The second-order valence-corrected chi connectivity index (χ2v) is 8.66. The van der Waals surface area contributed by atoms with Crippen LogP contribution in [0.25, 0.3) is 4.91 Å². The Morgan fingerprint density at radius 1 is 1.35 bits per heavy atom. The fourth-order valence-electron chi connectivity index (χ4n) is 3.55. The fourth-order valence-corrected chi connectivity index (χ4v) is 4.85. The molecule has 2 aliphatic heterocycles. The molecule has 3 heterocycles. The summed E-state index contributed by atoms with van der Waals surface area (Å²) in [7, 11) is 0. The number of carbonyl (C=O) groups excluding carboxylic acids is 1. The third-order valence-electron chi connectivity index (χ3n) is 5.11. The highest BCUT2D eigenvalue weighted by molar-refractivity contribution is 8.08. The smallest absolute Gasteiger partial charge is 0.230 e. The summed E-state index contributed by atoms with van der Waals surface area (Å²) in [6.45, 7) is 10.5. The van der Waals surface area contributed by atoms with Gasteiger partial charge in [-0.3, -0.25) is 9.89 Å². The van der Waals surface area contributed by atoms with Gasteiger partial charge in [0, 0.05) is 35.0 Å². The molecule has 0 radical (unpaired) electrons. The average Bonchev–Trinajstić information content (AvgIpc) is 3.03. The Labute approximate surface area is 143 Å². The summed E-state index contributed by atoms with van der Waals surface area (Å²) in [5, 5.41) is 7.31. The molecule has 3 rings (SSSR count). The van der Waals surface area contributed by atoms with E-state index in [4.69, 9.17) is 0 Å². The monoisotopic (exact) mass is 333 g/mol. The molecule has 4 nitrogen and oxygen atoms in total. The Hall–Kier alpha value is -1.23. The van der Waals surface area contributed by atoms with Gasteiger partial charge in [0.25, 0.3) is 0 Å². The van der Waals surface area contributed by atoms with Gasteiger partial charge >= 0.3 is 0 Å². The van der Waals surface area contributed by atoms with Crippen LogP contribution < -0.4 is 0 Å². The van der Waals surface area contributed by atoms with Gasteiger partial charge in [0.05, 0.1) is 11.6 Å². The number of H-pyrrole nitrogens is 1. The first-order valence-electron chi connectivity index (χ1n) is 8.53. The Morgan fingerprint density at radius 2 is 2.13 bits per heavy atom. The molecule has 1 fully saturated rings. The molecule has 1 N–H and O–H groups in total. The zero-order valence-corrected chi connectivity index (χ0v) is 15.4. The lowest BCUT2D eigenvalue weighted by Crippen LogP contribution is -2.36. The molecule has 0 saturated carbocycles. The Morgan fingerprint density at radius 3 is 2.83 bits per heavy atom. The van der Waals surface area contributed by atoms with Crippen molar-refractivity contribution in [1.29, 1.82) is 0 Å². The number of aryl methyl sites for hydroxylation is 2. The summed E-state index contributed by atoms with van der Waals surface area (Å²) in [5.74, 6) is 1.19. The van der Waals surface area contributed by atoms with Gasteiger partial charge in [0.1, 0.15) is 0 Å². The lowest BCUT2D eigenvalue weighted by molar-refractivity contribution is -0.133. The highest BCUT2D eigenvalue weighted by Gasteiger charge is 2.32. The summed E-state index contributed by atoms with van der Waals surface area (Å²) in [6.07, 6.45) is 5.60. The highest BCUT2D eigenvalue weighted by atomic mass is 32.2. The minimum absolute atomic E-state index is 0.0184. The quantitative estimate of drug-likeness (QED) is 0.896. The number of hydrogen-bond donors (Lipinski definition) is 1. The third kappa shape index (κ3) is 3.49. The lowest BCUT2D eigenvalue weighted by Gasteiger charge is -2.25. The molecular formula is C18H27N3OS. The van der Waals surface area contributed by atoms with Crippen LogP contribution in [0.4, 0.5) is 0 Å². The van der Waals surface area contributed by atoms with Gasteiger partial charge in [-0.25, -0.2) is 0 Å². The first-order valence-corrected chi connectivity index (χ1v) is 9.51. The molecule has 1 saturated heterocycles. The predicted molar refractivity (Wildman–Crippen MR) is 96.2 cm³/mol. The molecule has 1 amide bonds. The van der Waals surface area contributed by atoms with Crippen LogP contribution in [-0.4, -0.2) is 39.8 Å². The van der Waals surface area contributed by atoms with Crippen molar-refractivity contribution in [3.8, 4) is 0 Å². The van der Waals surface area contributed by atoms with Crippen molar-refractivity contribution in [1.82, 2.24) is 15.1 Å². The summed E-state index contributed by atoms with van der Waals surface area (Å²) < 4.78 is 0. The SMILES string of the molecule is Cc1n[nH]c(C)c1C1=CC(C(=O)N2CCCC(C)(C)CC2)CS1. The Bertz CT molecular complexity index is 613. The van der Waals surface area contributed by atoms with Crippen molar-refractivity contribution in [2.45, 2.75) is 47.0 Å². The molecule has 1 aromatic rings. The van der Waals surface area contributed by atoms with E-state index in [2.05, 4.69) is 35.0 Å². The van der Waals surface area contributed by atoms with Gasteiger partial charge in [-0.15, -0.1) is 11.8 Å². The first-order chi connectivity index (χ1) is 10.9. The second-order valence-electron chi connectivity index (χ2n) is 7.60. The molecule has 23 heavy (non-hydrogen) atoms. The summed E-state index contributed by atoms with van der Waals surface area (Å²) in [5.41, 5.74) is 3.66. The van der Waals surface area contributed by atoms with Crippen LogP contribution in [0.5, 0.6) is 0 Å². The predicted octanol–water partition coefficient (Wildman–Crippen LogP) is 3.77. The zero-order chi connectivity index (χ0) is 16.6. The summed E-state index contributed by atoms with van der Waals surface area (Å²) in [4.78, 5) is 16.2. The van der Waals surface area contributed by atoms with Crippen LogP contribution in [0.2, 0.25) is 0 Å². The number of aromatic nitrogens is 2. The van der Waals surface area contributed by atoms with Crippen LogP contribution in [-0.2, 0) is 4.79 Å². The molecule has 126 valence electrons. The number of aromatic amines is 1. The van der Waals surface area contributed by atoms with E-state index in [1.165, 1.54) is 16.9 Å². The van der Waals surface area contributed by atoms with Crippen molar-refractivity contribution in [3.63, 3.8) is 0 Å². The molecule has 5 heteroatoms. The van der Waals surface area contributed by atoms with E-state index in [1.807, 2.05) is 13.8 Å². The number of nitrogens with one attached hydrogen (secondary N) is 1. The van der Waals surface area contributed by atoms with Crippen molar-refractivity contribution in [2.75, 3.05) is 18.8 Å². The van der Waals surface area contributed by atoms with E-state index in [9.17, 15) is 4.79 Å². The molecule has 1 atom stereocenters. The summed E-state index contributed by atoms with van der Waals surface area (Å²) in [6, 6.07) is 0. The molecule has 2 aliphatic rings. The number of likely N-dealkylation sites (tertiary alicyclic amines) is 1. The highest BCUT2D eigenvalue weighted by Crippen LogP contribution is 2.40. The second kappa shape index (κ2) is 6.34. The molecule has 0 aromatic carbocycles. The maximum Gasteiger partial charge on any atom is 0.230 e. The van der Waals surface area contributed by atoms with Crippen molar-refractivity contribution in [3.05, 3.63) is 23.0 Å². The number of hydrogen-bond acceptors (Lipinski definition) is 3. The van der Waals surface area contributed by atoms with Crippen LogP contribution in [0.1, 0.15) is 50.1 Å². The van der Waals surface area contributed by atoms with Gasteiger partial charge in [0.15, 0.2) is 0 Å². The van der Waals surface area contributed by atoms with Crippen molar-refractivity contribution in [2.24, 2.45) is 11.3 Å². The van der Waals surface area contributed by atoms with E-state index >= 15 is 0 Å². The van der Waals surface area contributed by atoms with E-state index in [0.29, 0.717) is 11.3 Å². The number of carbonyl (C=O) groups is 1. The van der Waals surface area contributed by atoms with E-state index in [1.54, 1.807) is 11.8 Å². The standard InChI is InChI=1S/C18H27N3OS/c1-12-16(13(2)20-19-12)15-10-14(11-23-15)17(22)21-8-5-6-18(3,4)7-9-21/h10,14H,5-9,11H2,1-4H3,(H,19,20). The van der Waals surface area contributed by atoms with Crippen LogP contribution in [0.3, 0.4) is 0 Å². The van der Waals surface area contributed by atoms with Crippen molar-refractivity contribution >= 4 is 22.6 Å². The molecule has 0 aliphatic carbocycles. The van der Waals surface area contributed by atoms with E-state index in [0.717, 1.165) is 43.1 Å². The Kier molecular flexibility index (Phi) is 4.59. The number of nitrogens with zero attached hydrogens (tertiary/aromatic N) is 2. The Balaban J connectivity index is 1.72. The normalized spacial score (nSPS) is 24.4. The van der Waals surface area contributed by atoms with E-state index in [-0.39, 0.29) is 5.92 Å². The number of amides is 1. The first kappa shape index (κ1) is 16.6. The zero-order valence-electron chi connectivity index (χ0n) is 14.6. The maximum atomic E-state index is 12.9. The largest absolute Gasteiger partial charge is 0.342 e.